The van der Waals surface area contributed by atoms with Crippen LogP contribution in [-0.2, 0) is 41.2 Å². The van der Waals surface area contributed by atoms with E-state index in [1.165, 1.54) is 48.5 Å². The molecule has 0 bridgehead atoms. The Morgan fingerprint density at radius 1 is 0.979 bits per heavy atom. The van der Waals surface area contributed by atoms with Crippen molar-refractivity contribution in [3.8, 4) is 5.75 Å². The summed E-state index contributed by atoms with van der Waals surface area (Å²) in [5.74, 6) is -4.25. The maximum absolute atomic E-state index is 14.1. The number of carbonyl (C=O) groups is 4. The molecule has 0 unspecified atom stereocenters. The van der Waals surface area contributed by atoms with Gasteiger partial charge >= 0.3 is 5.97 Å². The summed E-state index contributed by atoms with van der Waals surface area (Å²) in [6, 6.07) is 13.6. The lowest BCUT2D eigenvalue weighted by Gasteiger charge is -2.25. The van der Waals surface area contributed by atoms with E-state index in [0.29, 0.717) is 5.75 Å². The van der Waals surface area contributed by atoms with Gasteiger partial charge in [0.2, 0.25) is 21.7 Å². The van der Waals surface area contributed by atoms with Crippen LogP contribution < -0.4 is 15.4 Å². The van der Waals surface area contributed by atoms with Gasteiger partial charge in [0.25, 0.3) is 0 Å². The number of aliphatic carboxylic acids is 1. The third-order valence-corrected chi connectivity index (χ3v) is 10.1. The monoisotopic (exact) mass is 706 g/mol. The van der Waals surface area contributed by atoms with Crippen molar-refractivity contribution in [2.24, 2.45) is 5.92 Å². The first-order valence-electron chi connectivity index (χ1n) is 14.6. The van der Waals surface area contributed by atoms with Crippen LogP contribution >= 0.6 is 23.4 Å². The van der Waals surface area contributed by atoms with Crippen molar-refractivity contribution in [1.29, 1.82) is 0 Å². The van der Waals surface area contributed by atoms with E-state index in [1.807, 2.05) is 0 Å². The van der Waals surface area contributed by atoms with Crippen LogP contribution in [-0.4, -0.2) is 61.5 Å². The van der Waals surface area contributed by atoms with Crippen LogP contribution in [0.15, 0.2) is 76.5 Å². The quantitative estimate of drug-likeness (QED) is 0.179. The molecule has 10 nitrogen and oxygen atoms in total. The lowest BCUT2D eigenvalue weighted by Crippen LogP contribution is -2.54. The van der Waals surface area contributed by atoms with Gasteiger partial charge in [0.05, 0.1) is 41.0 Å². The Hall–Kier alpha value is -3.94. The second-order valence-corrected chi connectivity index (χ2v) is 14.1. The van der Waals surface area contributed by atoms with Crippen LogP contribution in [0, 0.1) is 11.7 Å². The van der Waals surface area contributed by atoms with E-state index in [4.69, 9.17) is 16.3 Å². The fourth-order valence-electron chi connectivity index (χ4n) is 4.53. The van der Waals surface area contributed by atoms with E-state index < -0.39 is 63.6 Å². The number of hydrogen-bond acceptors (Lipinski definition) is 8. The summed E-state index contributed by atoms with van der Waals surface area (Å²) in [6.45, 7) is 5.30. The number of Topliss-reactive ketones (excluding diaryl/α,β-unsaturated/α-hetero) is 1. The number of carboxylic acid groups (broad SMARTS) is 1. The first-order valence-corrected chi connectivity index (χ1v) is 17.7. The number of amides is 2. The number of carbonyl (C=O) groups excluding carboxylic acids is 3. The summed E-state index contributed by atoms with van der Waals surface area (Å²) in [7, 11) is -3.90. The molecule has 0 saturated carbocycles. The molecule has 2 atom stereocenters. The third kappa shape index (κ3) is 10.5. The molecule has 252 valence electrons. The van der Waals surface area contributed by atoms with Gasteiger partial charge in [-0.2, -0.15) is 0 Å². The molecule has 0 aromatic heterocycles. The predicted molar refractivity (Wildman–Crippen MR) is 177 cm³/mol. The molecule has 14 heteroatoms. The molecule has 0 fully saturated rings. The van der Waals surface area contributed by atoms with E-state index in [2.05, 4.69) is 10.6 Å². The van der Waals surface area contributed by atoms with E-state index >= 15 is 0 Å². The van der Waals surface area contributed by atoms with Crippen molar-refractivity contribution in [2.75, 3.05) is 12.4 Å². The minimum absolute atomic E-state index is 0.0433. The molecule has 0 aliphatic carbocycles. The van der Waals surface area contributed by atoms with Crippen molar-refractivity contribution in [2.45, 2.75) is 61.2 Å². The molecule has 3 aromatic rings. The molecule has 0 heterocycles. The van der Waals surface area contributed by atoms with Crippen LogP contribution in [0.25, 0.3) is 0 Å². The third-order valence-electron chi connectivity index (χ3n) is 6.95. The van der Waals surface area contributed by atoms with Gasteiger partial charge in [-0.25, -0.2) is 12.8 Å². The second-order valence-electron chi connectivity index (χ2n) is 10.8. The molecule has 0 radical (unpaired) electrons. The maximum atomic E-state index is 14.1. The van der Waals surface area contributed by atoms with Crippen molar-refractivity contribution in [3.63, 3.8) is 0 Å². The van der Waals surface area contributed by atoms with Gasteiger partial charge in [0.1, 0.15) is 17.6 Å². The van der Waals surface area contributed by atoms with E-state index in [9.17, 15) is 37.1 Å². The molecule has 0 aliphatic heterocycles. The van der Waals surface area contributed by atoms with Gasteiger partial charge in [-0.15, -0.1) is 11.8 Å². The number of halogens is 2. The van der Waals surface area contributed by atoms with Gasteiger partial charge < -0.3 is 20.5 Å². The van der Waals surface area contributed by atoms with Gasteiger partial charge in [-0.3, -0.25) is 19.2 Å². The Bertz CT molecular complexity index is 1680. The predicted octanol–water partition coefficient (Wildman–Crippen LogP) is 4.86. The number of benzene rings is 3. The average Bonchev–Trinajstić information content (AvgIpc) is 3.01. The summed E-state index contributed by atoms with van der Waals surface area (Å²) in [5, 5.41) is 14.7. The normalized spacial score (nSPS) is 12.6. The van der Waals surface area contributed by atoms with Gasteiger partial charge in [0.15, 0.2) is 5.78 Å². The molecule has 47 heavy (non-hydrogen) atoms. The average molecular weight is 707 g/mol. The highest BCUT2D eigenvalue weighted by atomic mass is 35.5. The lowest BCUT2D eigenvalue weighted by atomic mass is 10.0. The van der Waals surface area contributed by atoms with E-state index in [1.54, 1.807) is 39.0 Å². The molecule has 3 aromatic carbocycles. The Morgan fingerprint density at radius 3 is 2.30 bits per heavy atom. The minimum atomic E-state index is -3.90. The van der Waals surface area contributed by atoms with E-state index in [-0.39, 0.29) is 50.5 Å². The highest BCUT2D eigenvalue weighted by Gasteiger charge is 2.30. The molecular formula is C33H36ClFN2O8S2. The Kier molecular flexibility index (Phi) is 13.8. The molecule has 3 N–H and O–H groups in total. The highest BCUT2D eigenvalue weighted by molar-refractivity contribution is 7.99. The van der Waals surface area contributed by atoms with Gasteiger partial charge in [-0.05, 0) is 55.3 Å². The number of carboxylic acids is 1. The molecular weight excluding hydrogens is 671 g/mol. The molecule has 3 rings (SSSR count). The summed E-state index contributed by atoms with van der Waals surface area (Å²) in [5.41, 5.74) is 0.472. The standard InChI is InChI=1S/C33H36ClFN2O8S2/c1-4-45-29-14-13-23(47(43,44)22-9-6-5-7-10-22)15-21(29)16-30(39)37-32(20(2)3)33(42)36-27(17-31(40)41)28(38)19-46-18-24-25(34)11-8-12-26(24)35/h5-15,20,27,32H,4,16-19H2,1-3H3,(H,36,42)(H,37,39)(H,40,41)/t27-,32-/m0/s1. The largest absolute Gasteiger partial charge is 0.494 e. The molecule has 0 aliphatic rings. The van der Waals surface area contributed by atoms with Crippen LogP contribution in [0.3, 0.4) is 0 Å². The van der Waals surface area contributed by atoms with E-state index in [0.717, 1.165) is 11.8 Å². The van der Waals surface area contributed by atoms with Crippen molar-refractivity contribution in [1.82, 2.24) is 10.6 Å². The van der Waals surface area contributed by atoms with Crippen molar-refractivity contribution in [3.05, 3.63) is 88.7 Å². The number of sulfone groups is 1. The first kappa shape index (κ1) is 37.5. The highest BCUT2D eigenvalue weighted by Crippen LogP contribution is 2.28. The van der Waals surface area contributed by atoms with Crippen LogP contribution in [0.5, 0.6) is 5.75 Å². The first-order chi connectivity index (χ1) is 22.2. The van der Waals surface area contributed by atoms with Gasteiger partial charge in [-0.1, -0.05) is 49.7 Å². The zero-order valence-electron chi connectivity index (χ0n) is 26.0. The maximum Gasteiger partial charge on any atom is 0.305 e. The zero-order chi connectivity index (χ0) is 34.7. The van der Waals surface area contributed by atoms with Crippen molar-refractivity contribution < 1.29 is 41.8 Å². The number of nitrogens with one attached hydrogen (secondary N) is 2. The topological polar surface area (TPSA) is 156 Å². The number of thioether (sulfide) groups is 1. The number of ether oxygens (including phenoxy) is 1. The number of ketones is 1. The number of hydrogen-bond donors (Lipinski definition) is 3. The summed E-state index contributed by atoms with van der Waals surface area (Å²) in [4.78, 5) is 51.1. The molecule has 0 saturated heterocycles. The SMILES string of the molecule is CCOc1ccc(S(=O)(=O)c2ccccc2)cc1CC(=O)N[C@H](C(=O)N[C@@H](CC(=O)O)C(=O)CSCc1c(F)cccc1Cl)C(C)C. The summed E-state index contributed by atoms with van der Waals surface area (Å²) < 4.78 is 46.1. The summed E-state index contributed by atoms with van der Waals surface area (Å²) in [6.07, 6.45) is -1.04. The summed E-state index contributed by atoms with van der Waals surface area (Å²) >= 11 is 7.05. The smallest absolute Gasteiger partial charge is 0.305 e. The Balaban J connectivity index is 1.74. The van der Waals surface area contributed by atoms with Crippen molar-refractivity contribution >= 4 is 56.8 Å². The Morgan fingerprint density at radius 2 is 1.68 bits per heavy atom. The van der Waals surface area contributed by atoms with Crippen LogP contribution in [0.2, 0.25) is 5.02 Å². The molecule has 2 amide bonds. The van der Waals surface area contributed by atoms with Gasteiger partial charge in [0, 0.05) is 21.9 Å². The molecule has 0 spiro atoms. The van der Waals surface area contributed by atoms with Crippen LogP contribution in [0.1, 0.15) is 38.3 Å². The Labute approximate surface area is 282 Å². The zero-order valence-corrected chi connectivity index (χ0v) is 28.4. The second kappa shape index (κ2) is 17.3. The fourth-order valence-corrected chi connectivity index (χ4v) is 7.17. The number of rotatable bonds is 17. The fraction of sp³-hybridized carbons (Fsp3) is 0.333. The minimum Gasteiger partial charge on any atom is -0.494 e. The lowest BCUT2D eigenvalue weighted by molar-refractivity contribution is -0.140. The van der Waals surface area contributed by atoms with Crippen LogP contribution in [0.4, 0.5) is 4.39 Å².